The summed E-state index contributed by atoms with van der Waals surface area (Å²) in [6.07, 6.45) is 4.34. The summed E-state index contributed by atoms with van der Waals surface area (Å²) in [6, 6.07) is 1.48. The zero-order valence-corrected chi connectivity index (χ0v) is 14.0. The van der Waals surface area contributed by atoms with Gasteiger partial charge in [-0.2, -0.15) is 4.31 Å². The second kappa shape index (κ2) is 6.94. The lowest BCUT2D eigenvalue weighted by Crippen LogP contribution is -2.38. The summed E-state index contributed by atoms with van der Waals surface area (Å²) in [5.41, 5.74) is 0. The van der Waals surface area contributed by atoms with Gasteiger partial charge in [-0.15, -0.1) is 0 Å². The van der Waals surface area contributed by atoms with E-state index in [1.165, 1.54) is 12.3 Å². The Hall–Kier alpha value is -0.850. The van der Waals surface area contributed by atoms with Gasteiger partial charge in [-0.1, -0.05) is 24.9 Å². The standard InChI is InChI=1S/C14H22ClN3O2S/c1-3-11-5-7-18(8-6-11)21(19,20)12-9-13(15)14(16-4-2)17-10-12/h9-11H,3-8H2,1-2H3,(H,16,17). The van der Waals surface area contributed by atoms with Gasteiger partial charge in [0.05, 0.1) is 5.02 Å². The molecule has 1 aromatic rings. The SMILES string of the molecule is CCNc1ncc(S(=O)(=O)N2CCC(CC)CC2)cc1Cl. The van der Waals surface area contributed by atoms with Gasteiger partial charge in [0.25, 0.3) is 0 Å². The second-order valence-corrected chi connectivity index (χ2v) is 7.63. The van der Waals surface area contributed by atoms with E-state index in [4.69, 9.17) is 11.6 Å². The molecule has 1 N–H and O–H groups in total. The third-order valence-electron chi connectivity index (χ3n) is 3.95. The molecule has 0 spiro atoms. The lowest BCUT2D eigenvalue weighted by atomic mass is 9.96. The number of nitrogens with one attached hydrogen (secondary N) is 1. The number of hydrogen-bond acceptors (Lipinski definition) is 4. The van der Waals surface area contributed by atoms with E-state index in [1.807, 2.05) is 6.92 Å². The van der Waals surface area contributed by atoms with Crippen LogP contribution in [0, 0.1) is 5.92 Å². The summed E-state index contributed by atoms with van der Waals surface area (Å²) in [5.74, 6) is 1.15. The molecular formula is C14H22ClN3O2S. The molecule has 1 aliphatic rings. The maximum Gasteiger partial charge on any atom is 0.244 e. The highest BCUT2D eigenvalue weighted by Crippen LogP contribution is 2.28. The van der Waals surface area contributed by atoms with Crippen molar-refractivity contribution in [2.24, 2.45) is 5.92 Å². The van der Waals surface area contributed by atoms with Crippen LogP contribution in [0.25, 0.3) is 0 Å². The number of aromatic nitrogens is 1. The van der Waals surface area contributed by atoms with E-state index in [9.17, 15) is 8.42 Å². The van der Waals surface area contributed by atoms with E-state index in [1.54, 1.807) is 4.31 Å². The highest BCUT2D eigenvalue weighted by atomic mass is 35.5. The molecular weight excluding hydrogens is 310 g/mol. The fourth-order valence-corrected chi connectivity index (χ4v) is 4.31. The number of rotatable bonds is 5. The van der Waals surface area contributed by atoms with Crippen LogP contribution >= 0.6 is 11.6 Å². The van der Waals surface area contributed by atoms with Crippen molar-refractivity contribution in [1.82, 2.24) is 9.29 Å². The molecule has 1 fully saturated rings. The maximum atomic E-state index is 12.6. The number of piperidine rings is 1. The van der Waals surface area contributed by atoms with Crippen molar-refractivity contribution >= 4 is 27.4 Å². The van der Waals surface area contributed by atoms with Crippen LogP contribution in [0.15, 0.2) is 17.2 Å². The third kappa shape index (κ3) is 3.67. The lowest BCUT2D eigenvalue weighted by molar-refractivity contribution is 0.269. The van der Waals surface area contributed by atoms with Crippen molar-refractivity contribution in [2.45, 2.75) is 38.0 Å². The minimum atomic E-state index is -3.49. The quantitative estimate of drug-likeness (QED) is 0.901. The molecule has 0 radical (unpaired) electrons. The van der Waals surface area contributed by atoms with Crippen LogP contribution in [0.3, 0.4) is 0 Å². The predicted molar refractivity (Wildman–Crippen MR) is 85.2 cm³/mol. The van der Waals surface area contributed by atoms with Crippen LogP contribution < -0.4 is 5.32 Å². The van der Waals surface area contributed by atoms with Gasteiger partial charge in [0.15, 0.2) is 0 Å². The Kier molecular flexibility index (Phi) is 5.46. The molecule has 0 aliphatic carbocycles. The maximum absolute atomic E-state index is 12.6. The minimum Gasteiger partial charge on any atom is -0.369 e. The average Bonchev–Trinajstić information content (AvgIpc) is 2.49. The Balaban J connectivity index is 2.18. The number of sulfonamides is 1. The van der Waals surface area contributed by atoms with Crippen LogP contribution in [0.2, 0.25) is 5.02 Å². The number of pyridine rings is 1. The molecule has 0 amide bonds. The van der Waals surface area contributed by atoms with Gasteiger partial charge in [0.1, 0.15) is 10.7 Å². The normalized spacial score (nSPS) is 17.9. The molecule has 21 heavy (non-hydrogen) atoms. The van der Waals surface area contributed by atoms with Gasteiger partial charge in [-0.3, -0.25) is 0 Å². The molecule has 0 unspecified atom stereocenters. The first-order valence-electron chi connectivity index (χ1n) is 7.38. The molecule has 7 heteroatoms. The Morgan fingerprint density at radius 2 is 2.05 bits per heavy atom. The summed E-state index contributed by atoms with van der Waals surface area (Å²) in [6.45, 7) is 5.92. The third-order valence-corrected chi connectivity index (χ3v) is 6.10. The number of nitrogens with zero attached hydrogens (tertiary/aromatic N) is 2. The monoisotopic (exact) mass is 331 g/mol. The first-order chi connectivity index (χ1) is 9.98. The predicted octanol–water partition coefficient (Wildman–Crippen LogP) is 2.98. The Labute approximate surface area is 131 Å². The van der Waals surface area contributed by atoms with Crippen molar-refractivity contribution in [3.63, 3.8) is 0 Å². The summed E-state index contributed by atoms with van der Waals surface area (Å²) < 4.78 is 26.8. The van der Waals surface area contributed by atoms with E-state index in [2.05, 4.69) is 17.2 Å². The Morgan fingerprint density at radius 3 is 2.57 bits per heavy atom. The van der Waals surface area contributed by atoms with Crippen LogP contribution in [0.1, 0.15) is 33.1 Å². The van der Waals surface area contributed by atoms with E-state index in [-0.39, 0.29) is 4.90 Å². The molecule has 0 aromatic carbocycles. The van der Waals surface area contributed by atoms with E-state index < -0.39 is 10.0 Å². The van der Waals surface area contributed by atoms with Crippen LogP contribution in [-0.2, 0) is 10.0 Å². The van der Waals surface area contributed by atoms with Gasteiger partial charge in [0.2, 0.25) is 10.0 Å². The Bertz CT molecular complexity index is 584. The van der Waals surface area contributed by atoms with Crippen LogP contribution in [0.5, 0.6) is 0 Å². The van der Waals surface area contributed by atoms with E-state index in [0.29, 0.717) is 36.4 Å². The molecule has 2 heterocycles. The van der Waals surface area contributed by atoms with E-state index >= 15 is 0 Å². The molecule has 118 valence electrons. The van der Waals surface area contributed by atoms with Gasteiger partial charge < -0.3 is 5.32 Å². The number of anilines is 1. The summed E-state index contributed by atoms with van der Waals surface area (Å²) in [4.78, 5) is 4.28. The number of halogens is 1. The summed E-state index contributed by atoms with van der Waals surface area (Å²) >= 11 is 6.09. The molecule has 0 bridgehead atoms. The van der Waals surface area contributed by atoms with Gasteiger partial charge in [-0.05, 0) is 31.7 Å². The number of hydrogen-bond donors (Lipinski definition) is 1. The lowest BCUT2D eigenvalue weighted by Gasteiger charge is -2.30. The largest absolute Gasteiger partial charge is 0.369 e. The first-order valence-corrected chi connectivity index (χ1v) is 9.20. The molecule has 2 rings (SSSR count). The summed E-state index contributed by atoms with van der Waals surface area (Å²) in [5, 5.41) is 3.33. The fourth-order valence-electron chi connectivity index (χ4n) is 2.57. The second-order valence-electron chi connectivity index (χ2n) is 5.29. The minimum absolute atomic E-state index is 0.170. The average molecular weight is 332 g/mol. The zero-order chi connectivity index (χ0) is 15.5. The molecule has 0 atom stereocenters. The zero-order valence-electron chi connectivity index (χ0n) is 12.5. The molecule has 1 aliphatic heterocycles. The topological polar surface area (TPSA) is 62.3 Å². The van der Waals surface area contributed by atoms with Crippen molar-refractivity contribution in [1.29, 1.82) is 0 Å². The van der Waals surface area contributed by atoms with E-state index in [0.717, 1.165) is 19.3 Å². The molecule has 0 saturated carbocycles. The van der Waals surface area contributed by atoms with Crippen molar-refractivity contribution in [3.05, 3.63) is 17.3 Å². The van der Waals surface area contributed by atoms with Gasteiger partial charge in [0, 0.05) is 25.8 Å². The van der Waals surface area contributed by atoms with Gasteiger partial charge in [-0.25, -0.2) is 13.4 Å². The van der Waals surface area contributed by atoms with Crippen molar-refractivity contribution in [3.8, 4) is 0 Å². The molecule has 1 saturated heterocycles. The van der Waals surface area contributed by atoms with Crippen LogP contribution in [0.4, 0.5) is 5.82 Å². The van der Waals surface area contributed by atoms with Gasteiger partial charge >= 0.3 is 0 Å². The first kappa shape index (κ1) is 16.5. The highest BCUT2D eigenvalue weighted by molar-refractivity contribution is 7.89. The summed E-state index contributed by atoms with van der Waals surface area (Å²) in [7, 11) is -3.49. The fraction of sp³-hybridized carbons (Fsp3) is 0.643. The molecule has 1 aromatic heterocycles. The molecule has 5 nitrogen and oxygen atoms in total. The Morgan fingerprint density at radius 1 is 1.38 bits per heavy atom. The highest BCUT2D eigenvalue weighted by Gasteiger charge is 2.29. The van der Waals surface area contributed by atoms with Crippen molar-refractivity contribution < 1.29 is 8.42 Å². The van der Waals surface area contributed by atoms with Crippen molar-refractivity contribution in [2.75, 3.05) is 25.0 Å². The smallest absolute Gasteiger partial charge is 0.244 e. The van der Waals surface area contributed by atoms with Crippen LogP contribution in [-0.4, -0.2) is 37.3 Å².